The van der Waals surface area contributed by atoms with Crippen LogP contribution in [0.15, 0.2) is 24.3 Å². The summed E-state index contributed by atoms with van der Waals surface area (Å²) in [6.45, 7) is 0. The molecule has 3 heteroatoms. The van der Waals surface area contributed by atoms with Gasteiger partial charge in [-0.3, -0.25) is 4.79 Å². The summed E-state index contributed by atoms with van der Waals surface area (Å²) in [6, 6.07) is 8.01. The predicted octanol–water partition coefficient (Wildman–Crippen LogP) is 3.10. The van der Waals surface area contributed by atoms with Crippen LogP contribution in [0.3, 0.4) is 0 Å². The highest BCUT2D eigenvalue weighted by Crippen LogP contribution is 2.42. The third kappa shape index (κ3) is 2.21. The number of hydrogen-bond acceptors (Lipinski definition) is 2. The van der Waals surface area contributed by atoms with Gasteiger partial charge in [0.15, 0.2) is 0 Å². The second-order valence-electron chi connectivity index (χ2n) is 4.64. The molecule has 0 aliphatic heterocycles. The van der Waals surface area contributed by atoms with Crippen molar-refractivity contribution in [2.75, 3.05) is 12.0 Å². The van der Waals surface area contributed by atoms with Crippen LogP contribution in [0.2, 0.25) is 0 Å². The smallest absolute Gasteiger partial charge is 0.314 e. The molecule has 0 fully saturated rings. The molecular formula is C14H18O2S. The maximum absolute atomic E-state index is 11.7. The standard InChI is InChI=1S/C14H18O2S/c1-17-10-4-8-14(13(15)16)9-7-11-5-2-3-6-12(11)14/h2-3,5-6H,4,7-10H2,1H3,(H,15,16). The van der Waals surface area contributed by atoms with Crippen LogP contribution in [0.4, 0.5) is 0 Å². The summed E-state index contributed by atoms with van der Waals surface area (Å²) >= 11 is 1.78. The molecule has 0 radical (unpaired) electrons. The van der Waals surface area contributed by atoms with Gasteiger partial charge in [-0.25, -0.2) is 0 Å². The molecule has 0 amide bonds. The number of aliphatic carboxylic acids is 1. The highest BCUT2D eigenvalue weighted by Gasteiger charge is 2.44. The van der Waals surface area contributed by atoms with Crippen LogP contribution in [0, 0.1) is 0 Å². The van der Waals surface area contributed by atoms with Crippen molar-refractivity contribution in [3.63, 3.8) is 0 Å². The van der Waals surface area contributed by atoms with Crippen molar-refractivity contribution in [3.8, 4) is 0 Å². The highest BCUT2D eigenvalue weighted by atomic mass is 32.2. The Hall–Kier alpha value is -0.960. The number of carbonyl (C=O) groups is 1. The van der Waals surface area contributed by atoms with Crippen LogP contribution in [-0.4, -0.2) is 23.1 Å². The number of carboxylic acid groups (broad SMARTS) is 1. The number of aryl methyl sites for hydroxylation is 1. The first-order valence-corrected chi connectivity index (χ1v) is 7.41. The maximum atomic E-state index is 11.7. The van der Waals surface area contributed by atoms with Crippen molar-refractivity contribution in [3.05, 3.63) is 35.4 Å². The zero-order valence-corrected chi connectivity index (χ0v) is 10.9. The largest absolute Gasteiger partial charge is 0.481 e. The molecule has 92 valence electrons. The van der Waals surface area contributed by atoms with Crippen molar-refractivity contribution >= 4 is 17.7 Å². The molecule has 0 aromatic heterocycles. The minimum atomic E-state index is -0.649. The lowest BCUT2D eigenvalue weighted by molar-refractivity contribution is -0.144. The fourth-order valence-electron chi connectivity index (χ4n) is 2.79. The van der Waals surface area contributed by atoms with E-state index in [0.717, 1.165) is 37.0 Å². The van der Waals surface area contributed by atoms with E-state index >= 15 is 0 Å². The van der Waals surface area contributed by atoms with Crippen LogP contribution in [0.25, 0.3) is 0 Å². The first-order valence-electron chi connectivity index (χ1n) is 6.01. The van der Waals surface area contributed by atoms with Gasteiger partial charge in [-0.2, -0.15) is 11.8 Å². The van der Waals surface area contributed by atoms with Crippen molar-refractivity contribution < 1.29 is 9.90 Å². The zero-order chi connectivity index (χ0) is 12.3. The Bertz CT molecular complexity index is 416. The second-order valence-corrected chi connectivity index (χ2v) is 5.63. The lowest BCUT2D eigenvalue weighted by atomic mass is 9.78. The molecule has 0 saturated heterocycles. The Morgan fingerprint density at radius 3 is 2.94 bits per heavy atom. The molecule has 1 aliphatic rings. The number of benzene rings is 1. The SMILES string of the molecule is CSCCCC1(C(=O)O)CCc2ccccc21. The molecule has 1 aliphatic carbocycles. The van der Waals surface area contributed by atoms with E-state index in [9.17, 15) is 9.90 Å². The molecular weight excluding hydrogens is 232 g/mol. The number of fused-ring (bicyclic) bond motifs is 1. The summed E-state index contributed by atoms with van der Waals surface area (Å²) in [5.41, 5.74) is 1.65. The van der Waals surface area contributed by atoms with Crippen molar-refractivity contribution in [2.24, 2.45) is 0 Å². The van der Waals surface area contributed by atoms with Gasteiger partial charge in [-0.05, 0) is 48.8 Å². The van der Waals surface area contributed by atoms with E-state index in [4.69, 9.17) is 0 Å². The second kappa shape index (κ2) is 5.13. The Balaban J connectivity index is 2.28. The minimum Gasteiger partial charge on any atom is -0.481 e. The minimum absolute atomic E-state index is 0.619. The van der Waals surface area contributed by atoms with Gasteiger partial charge in [0.05, 0.1) is 5.41 Å². The van der Waals surface area contributed by atoms with Gasteiger partial charge in [-0.1, -0.05) is 24.3 Å². The Morgan fingerprint density at radius 1 is 1.47 bits per heavy atom. The number of rotatable bonds is 5. The van der Waals surface area contributed by atoms with E-state index in [1.54, 1.807) is 11.8 Å². The van der Waals surface area contributed by atoms with Gasteiger partial charge in [0.2, 0.25) is 0 Å². The molecule has 0 saturated carbocycles. The number of hydrogen-bond donors (Lipinski definition) is 1. The average molecular weight is 250 g/mol. The highest BCUT2D eigenvalue weighted by molar-refractivity contribution is 7.98. The van der Waals surface area contributed by atoms with Crippen LogP contribution in [0.1, 0.15) is 30.4 Å². The molecule has 0 heterocycles. The summed E-state index contributed by atoms with van der Waals surface area (Å²) in [6.07, 6.45) is 5.47. The first kappa shape index (κ1) is 12.5. The van der Waals surface area contributed by atoms with Gasteiger partial charge in [0, 0.05) is 0 Å². The normalized spacial score (nSPS) is 22.4. The van der Waals surface area contributed by atoms with Crippen molar-refractivity contribution in [1.82, 2.24) is 0 Å². The molecule has 1 aromatic carbocycles. The lowest BCUT2D eigenvalue weighted by Crippen LogP contribution is -2.33. The van der Waals surface area contributed by atoms with E-state index in [0.29, 0.717) is 0 Å². The molecule has 2 nitrogen and oxygen atoms in total. The van der Waals surface area contributed by atoms with E-state index in [2.05, 4.69) is 12.3 Å². The van der Waals surface area contributed by atoms with Crippen LogP contribution >= 0.6 is 11.8 Å². The topological polar surface area (TPSA) is 37.3 Å². The molecule has 1 unspecified atom stereocenters. The number of carboxylic acids is 1. The lowest BCUT2D eigenvalue weighted by Gasteiger charge is -2.25. The van der Waals surface area contributed by atoms with E-state index < -0.39 is 11.4 Å². The van der Waals surface area contributed by atoms with Crippen LogP contribution in [0.5, 0.6) is 0 Å². The summed E-state index contributed by atoms with van der Waals surface area (Å²) < 4.78 is 0. The quantitative estimate of drug-likeness (QED) is 0.816. The summed E-state index contributed by atoms with van der Waals surface area (Å²) in [4.78, 5) is 11.7. The van der Waals surface area contributed by atoms with Crippen LogP contribution < -0.4 is 0 Å². The van der Waals surface area contributed by atoms with Crippen molar-refractivity contribution in [2.45, 2.75) is 31.1 Å². The molecule has 1 atom stereocenters. The van der Waals surface area contributed by atoms with Gasteiger partial charge >= 0.3 is 5.97 Å². The van der Waals surface area contributed by atoms with Gasteiger partial charge in [0.25, 0.3) is 0 Å². The third-order valence-corrected chi connectivity index (χ3v) is 4.41. The Morgan fingerprint density at radius 2 is 2.24 bits per heavy atom. The molecule has 0 bridgehead atoms. The molecule has 1 aromatic rings. The van der Waals surface area contributed by atoms with Gasteiger partial charge < -0.3 is 5.11 Å². The fourth-order valence-corrected chi connectivity index (χ4v) is 3.23. The third-order valence-electron chi connectivity index (χ3n) is 3.72. The van der Waals surface area contributed by atoms with E-state index in [1.807, 2.05) is 18.2 Å². The summed E-state index contributed by atoms with van der Waals surface area (Å²) in [5, 5.41) is 9.60. The van der Waals surface area contributed by atoms with E-state index in [1.165, 1.54) is 5.56 Å². The predicted molar refractivity (Wildman–Crippen MR) is 71.7 cm³/mol. The monoisotopic (exact) mass is 250 g/mol. The van der Waals surface area contributed by atoms with E-state index in [-0.39, 0.29) is 0 Å². The Kier molecular flexibility index (Phi) is 3.77. The summed E-state index contributed by atoms with van der Waals surface area (Å²) in [7, 11) is 0. The fraction of sp³-hybridized carbons (Fsp3) is 0.500. The summed E-state index contributed by atoms with van der Waals surface area (Å²) in [5.74, 6) is 0.389. The van der Waals surface area contributed by atoms with Crippen molar-refractivity contribution in [1.29, 1.82) is 0 Å². The molecule has 0 spiro atoms. The average Bonchev–Trinajstić information content (AvgIpc) is 2.70. The zero-order valence-electron chi connectivity index (χ0n) is 10.1. The van der Waals surface area contributed by atoms with Gasteiger partial charge in [-0.15, -0.1) is 0 Å². The molecule has 1 N–H and O–H groups in total. The maximum Gasteiger partial charge on any atom is 0.314 e. The van der Waals surface area contributed by atoms with Gasteiger partial charge in [0.1, 0.15) is 0 Å². The molecule has 2 rings (SSSR count). The van der Waals surface area contributed by atoms with Crippen LogP contribution in [-0.2, 0) is 16.6 Å². The first-order chi connectivity index (χ1) is 8.20. The Labute approximate surface area is 106 Å². The number of thioether (sulfide) groups is 1. The molecule has 17 heavy (non-hydrogen) atoms.